The third-order valence-electron chi connectivity index (χ3n) is 3.49. The largest absolute Gasteiger partial charge is 0.478 e. The highest BCUT2D eigenvalue weighted by atomic mass is 16.5. The fourth-order valence-electron chi connectivity index (χ4n) is 2.38. The second-order valence-corrected chi connectivity index (χ2v) is 5.08. The highest BCUT2D eigenvalue weighted by Gasteiger charge is 2.29. The van der Waals surface area contributed by atoms with Crippen molar-refractivity contribution in [3.8, 4) is 0 Å². The zero-order chi connectivity index (χ0) is 14.4. The Balaban J connectivity index is 1.64. The first-order valence-electron chi connectivity index (χ1n) is 7.12. The van der Waals surface area contributed by atoms with Crippen LogP contribution in [-0.4, -0.2) is 31.2 Å². The van der Waals surface area contributed by atoms with Gasteiger partial charge in [0, 0.05) is 12.4 Å². The highest BCUT2D eigenvalue weighted by molar-refractivity contribution is 6.13. The molecule has 1 atom stereocenters. The van der Waals surface area contributed by atoms with Gasteiger partial charge in [0.05, 0.1) is 0 Å². The maximum Gasteiger partial charge on any atom is 0.228 e. The van der Waals surface area contributed by atoms with E-state index in [0.717, 1.165) is 25.7 Å². The van der Waals surface area contributed by atoms with Gasteiger partial charge in [-0.25, -0.2) is 0 Å². The van der Waals surface area contributed by atoms with Gasteiger partial charge in [0.2, 0.25) is 5.91 Å². The first-order valence-corrected chi connectivity index (χ1v) is 7.12. The van der Waals surface area contributed by atoms with Crippen molar-refractivity contribution in [2.24, 2.45) is 0 Å². The fraction of sp³-hybridized carbons (Fsp3) is 0.438. The molecular weight excluding hydrogens is 249 g/mol. The van der Waals surface area contributed by atoms with Gasteiger partial charge in [-0.1, -0.05) is 36.8 Å². The first-order chi connectivity index (χ1) is 9.68. The van der Waals surface area contributed by atoms with Crippen LogP contribution in [0.4, 0.5) is 0 Å². The second-order valence-electron chi connectivity index (χ2n) is 5.08. The molecule has 1 aromatic carbocycles. The van der Waals surface area contributed by atoms with Gasteiger partial charge in [-0.15, -0.1) is 0 Å². The molecule has 0 saturated carbocycles. The number of unbranched alkanes of at least 4 members (excludes halogenated alkanes) is 2. The van der Waals surface area contributed by atoms with Crippen molar-refractivity contribution in [1.29, 1.82) is 0 Å². The molecule has 20 heavy (non-hydrogen) atoms. The number of aryl methyl sites for hydroxylation is 1. The number of amides is 1. The minimum atomic E-state index is -0.376. The first kappa shape index (κ1) is 14.7. The minimum Gasteiger partial charge on any atom is -0.478 e. The van der Waals surface area contributed by atoms with Crippen LogP contribution < -0.4 is 0 Å². The van der Waals surface area contributed by atoms with Crippen molar-refractivity contribution in [2.75, 3.05) is 6.61 Å². The maximum atomic E-state index is 12.0. The summed E-state index contributed by atoms with van der Waals surface area (Å²) in [6, 6.07) is 10.4. The van der Waals surface area contributed by atoms with Gasteiger partial charge in [-0.05, 0) is 31.4 Å². The van der Waals surface area contributed by atoms with E-state index in [-0.39, 0.29) is 11.8 Å². The number of benzene rings is 1. The van der Waals surface area contributed by atoms with E-state index < -0.39 is 0 Å². The van der Waals surface area contributed by atoms with Crippen molar-refractivity contribution in [3.63, 3.8) is 0 Å². The van der Waals surface area contributed by atoms with E-state index in [9.17, 15) is 4.79 Å². The Kier molecular flexibility index (Phi) is 5.27. The van der Waals surface area contributed by atoms with Gasteiger partial charge in [0.1, 0.15) is 14.5 Å². The van der Waals surface area contributed by atoms with Crippen LogP contribution in [0, 0.1) is 0 Å². The average Bonchev–Trinajstić information content (AvgIpc) is 2.79. The molecule has 1 fully saturated rings. The summed E-state index contributed by atoms with van der Waals surface area (Å²) < 4.78 is 5.17. The van der Waals surface area contributed by atoms with Crippen LogP contribution in [0.1, 0.15) is 31.2 Å². The molecule has 0 aromatic heterocycles. The van der Waals surface area contributed by atoms with Gasteiger partial charge in [-0.2, -0.15) is 0 Å². The lowest BCUT2D eigenvalue weighted by Gasteiger charge is -2.19. The molecule has 4 heteroatoms. The molecule has 2 rings (SSSR count). The smallest absolute Gasteiger partial charge is 0.228 e. The molecular formula is C16H20BNO2. The van der Waals surface area contributed by atoms with Gasteiger partial charge in [0.15, 0.2) is 5.88 Å². The van der Waals surface area contributed by atoms with Gasteiger partial charge >= 0.3 is 0 Å². The second kappa shape index (κ2) is 7.18. The average molecular weight is 269 g/mol. The zero-order valence-electron chi connectivity index (χ0n) is 11.8. The van der Waals surface area contributed by atoms with Gasteiger partial charge < -0.3 is 4.74 Å². The number of nitrogens with zero attached hydrogens (tertiary/aromatic N) is 1. The van der Waals surface area contributed by atoms with Crippen LogP contribution in [0.15, 0.2) is 42.8 Å². The van der Waals surface area contributed by atoms with E-state index in [2.05, 4.69) is 30.8 Å². The summed E-state index contributed by atoms with van der Waals surface area (Å²) in [4.78, 5) is 13.5. The summed E-state index contributed by atoms with van der Waals surface area (Å²) in [5.74, 6) is 0.0193. The number of hydrogen-bond donors (Lipinski definition) is 0. The van der Waals surface area contributed by atoms with Crippen LogP contribution >= 0.6 is 0 Å². The Morgan fingerprint density at radius 1 is 1.30 bits per heavy atom. The summed E-state index contributed by atoms with van der Waals surface area (Å²) in [5, 5.41) is 0. The van der Waals surface area contributed by atoms with Gasteiger partial charge in [0.25, 0.3) is 0 Å². The van der Waals surface area contributed by atoms with Crippen LogP contribution in [-0.2, 0) is 16.0 Å². The molecule has 1 heterocycles. The molecule has 1 saturated heterocycles. The molecule has 1 aromatic rings. The third kappa shape index (κ3) is 3.89. The molecule has 1 amide bonds. The lowest BCUT2D eigenvalue weighted by molar-refractivity contribution is -0.129. The van der Waals surface area contributed by atoms with Crippen molar-refractivity contribution in [2.45, 2.75) is 38.0 Å². The van der Waals surface area contributed by atoms with E-state index in [1.54, 1.807) is 0 Å². The van der Waals surface area contributed by atoms with Gasteiger partial charge in [-0.3, -0.25) is 9.69 Å². The Morgan fingerprint density at radius 2 is 2.05 bits per heavy atom. The van der Waals surface area contributed by atoms with Crippen LogP contribution in [0.5, 0.6) is 0 Å². The van der Waals surface area contributed by atoms with Crippen molar-refractivity contribution >= 4 is 13.8 Å². The molecule has 104 valence electrons. The summed E-state index contributed by atoms with van der Waals surface area (Å²) in [6.07, 6.45) is 4.58. The monoisotopic (exact) mass is 269 g/mol. The predicted octanol–water partition coefficient (Wildman–Crippen LogP) is 2.61. The summed E-state index contributed by atoms with van der Waals surface area (Å²) in [7, 11) is 5.80. The standard InChI is InChI=1S/C16H20BNO2/c1-13-18(15(17)12-20-13)16(19)11-7-3-6-10-14-8-4-2-5-9-14/h2,4-5,8-9,15H,1,3,6-7,10-12H2/t15-/m0/s1. The molecule has 0 bridgehead atoms. The topological polar surface area (TPSA) is 29.5 Å². The zero-order valence-corrected chi connectivity index (χ0v) is 11.8. The van der Waals surface area contributed by atoms with E-state index in [1.165, 1.54) is 10.5 Å². The van der Waals surface area contributed by atoms with Crippen molar-refractivity contribution in [1.82, 2.24) is 4.90 Å². The summed E-state index contributed by atoms with van der Waals surface area (Å²) in [5.41, 5.74) is 1.35. The number of hydrogen-bond acceptors (Lipinski definition) is 2. The lowest BCUT2D eigenvalue weighted by Crippen LogP contribution is -2.35. The molecule has 0 unspecified atom stereocenters. The van der Waals surface area contributed by atoms with Crippen LogP contribution in [0.3, 0.4) is 0 Å². The lowest BCUT2D eigenvalue weighted by atomic mass is 9.96. The molecule has 1 aliphatic heterocycles. The predicted molar refractivity (Wildman–Crippen MR) is 80.1 cm³/mol. The Hall–Kier alpha value is -1.71. The van der Waals surface area contributed by atoms with E-state index in [0.29, 0.717) is 18.9 Å². The molecule has 2 radical (unpaired) electrons. The molecule has 0 N–H and O–H groups in total. The third-order valence-corrected chi connectivity index (χ3v) is 3.49. The Labute approximate surface area is 122 Å². The van der Waals surface area contributed by atoms with Crippen LogP contribution in [0.2, 0.25) is 0 Å². The van der Waals surface area contributed by atoms with Crippen molar-refractivity contribution in [3.05, 3.63) is 48.4 Å². The fourth-order valence-corrected chi connectivity index (χ4v) is 2.38. The Bertz CT molecular complexity index is 461. The van der Waals surface area contributed by atoms with E-state index >= 15 is 0 Å². The van der Waals surface area contributed by atoms with Crippen LogP contribution in [0.25, 0.3) is 0 Å². The molecule has 0 spiro atoms. The number of rotatable bonds is 6. The quantitative estimate of drug-likeness (QED) is 0.587. The van der Waals surface area contributed by atoms with E-state index in [1.807, 2.05) is 6.07 Å². The van der Waals surface area contributed by atoms with E-state index in [4.69, 9.17) is 12.6 Å². The number of ether oxygens (including phenoxy) is 1. The Morgan fingerprint density at radius 3 is 2.70 bits per heavy atom. The molecule has 0 aliphatic carbocycles. The molecule has 1 aliphatic rings. The SMILES string of the molecule is [B][C@@H]1COC(=C)N1C(=O)CCCCCc1ccccc1. The van der Waals surface area contributed by atoms with Crippen molar-refractivity contribution < 1.29 is 9.53 Å². The summed E-state index contributed by atoms with van der Waals surface area (Å²) >= 11 is 0. The summed E-state index contributed by atoms with van der Waals surface area (Å²) in [6.45, 7) is 4.04. The maximum absolute atomic E-state index is 12.0. The number of carbonyl (C=O) groups is 1. The normalized spacial score (nSPS) is 18.1. The molecule has 3 nitrogen and oxygen atoms in total. The minimum absolute atomic E-state index is 0.0136. The number of carbonyl (C=O) groups excluding carboxylic acids is 1. The highest BCUT2D eigenvalue weighted by Crippen LogP contribution is 2.19.